The number of nitrogens with zero attached hydrogens (tertiary/aromatic N) is 6. The number of rotatable bonds is 6. The first-order chi connectivity index (χ1) is 11.8. The van der Waals surface area contributed by atoms with E-state index in [1.165, 1.54) is 0 Å². The smallest absolute Gasteiger partial charge is 0.191 e. The van der Waals surface area contributed by atoms with Crippen LogP contribution in [0.15, 0.2) is 41.8 Å². The van der Waals surface area contributed by atoms with E-state index < -0.39 is 0 Å². The molecule has 3 aromatic heterocycles. The van der Waals surface area contributed by atoms with E-state index in [2.05, 4.69) is 30.9 Å². The molecule has 0 saturated heterocycles. The van der Waals surface area contributed by atoms with Gasteiger partial charge >= 0.3 is 0 Å². The van der Waals surface area contributed by atoms with Crippen LogP contribution >= 0.6 is 0 Å². The first kappa shape index (κ1) is 16.0. The summed E-state index contributed by atoms with van der Waals surface area (Å²) in [6.45, 7) is 6.86. The summed E-state index contributed by atoms with van der Waals surface area (Å²) in [4.78, 5) is 4.58. The van der Waals surface area contributed by atoms with E-state index in [0.29, 0.717) is 6.54 Å². The summed E-state index contributed by atoms with van der Waals surface area (Å²) in [6, 6.07) is 5.83. The highest BCUT2D eigenvalue weighted by molar-refractivity contribution is 5.79. The standard InChI is InChI=1S/C16H22N8/c1-3-17-16(18-7-9-23-12-13(2)10-20-23)19-11-15-22-21-14-6-4-5-8-24(14)15/h4-6,8,10,12H,3,7,9,11H2,1-2H3,(H2,17,18,19). The van der Waals surface area contributed by atoms with Gasteiger partial charge in [-0.15, -0.1) is 10.2 Å². The number of aliphatic imine (C=N–C) groups is 1. The Balaban J connectivity index is 1.60. The molecule has 0 amide bonds. The molecule has 0 aliphatic carbocycles. The van der Waals surface area contributed by atoms with Crippen LogP contribution < -0.4 is 10.6 Å². The highest BCUT2D eigenvalue weighted by Crippen LogP contribution is 2.03. The Morgan fingerprint density at radius 1 is 1.25 bits per heavy atom. The van der Waals surface area contributed by atoms with Crippen molar-refractivity contribution in [3.05, 3.63) is 48.2 Å². The lowest BCUT2D eigenvalue weighted by molar-refractivity contribution is 0.597. The lowest BCUT2D eigenvalue weighted by Gasteiger charge is -2.11. The third-order valence-electron chi connectivity index (χ3n) is 3.50. The molecule has 0 fully saturated rings. The molecule has 0 spiro atoms. The van der Waals surface area contributed by atoms with Gasteiger partial charge in [-0.2, -0.15) is 5.10 Å². The van der Waals surface area contributed by atoms with Crippen LogP contribution in [-0.4, -0.2) is 43.4 Å². The van der Waals surface area contributed by atoms with Crippen LogP contribution in [0.25, 0.3) is 5.65 Å². The molecule has 3 heterocycles. The Hall–Kier alpha value is -2.90. The lowest BCUT2D eigenvalue weighted by Crippen LogP contribution is -2.39. The van der Waals surface area contributed by atoms with Gasteiger partial charge in [0, 0.05) is 25.5 Å². The van der Waals surface area contributed by atoms with E-state index in [1.54, 1.807) is 0 Å². The topological polar surface area (TPSA) is 84.4 Å². The molecule has 0 saturated carbocycles. The zero-order chi connectivity index (χ0) is 16.8. The van der Waals surface area contributed by atoms with E-state index in [0.717, 1.165) is 42.6 Å². The molecule has 8 nitrogen and oxygen atoms in total. The SMILES string of the molecule is CCNC(=NCc1nnc2ccccn12)NCCn1cc(C)cn1. The summed E-state index contributed by atoms with van der Waals surface area (Å²) in [5.74, 6) is 1.57. The largest absolute Gasteiger partial charge is 0.357 e. The van der Waals surface area contributed by atoms with Crippen LogP contribution in [0, 0.1) is 6.92 Å². The van der Waals surface area contributed by atoms with Crippen LogP contribution in [-0.2, 0) is 13.1 Å². The maximum atomic E-state index is 4.58. The van der Waals surface area contributed by atoms with Crippen molar-refractivity contribution in [1.29, 1.82) is 0 Å². The predicted octanol–water partition coefficient (Wildman–Crippen LogP) is 0.990. The van der Waals surface area contributed by atoms with E-state index >= 15 is 0 Å². The van der Waals surface area contributed by atoms with Gasteiger partial charge < -0.3 is 10.6 Å². The van der Waals surface area contributed by atoms with Gasteiger partial charge in [0.2, 0.25) is 0 Å². The lowest BCUT2D eigenvalue weighted by atomic mass is 10.4. The van der Waals surface area contributed by atoms with Crippen molar-refractivity contribution >= 4 is 11.6 Å². The number of pyridine rings is 1. The minimum absolute atomic E-state index is 0.460. The first-order valence-corrected chi connectivity index (χ1v) is 8.06. The zero-order valence-electron chi connectivity index (χ0n) is 14.0. The van der Waals surface area contributed by atoms with Gasteiger partial charge in [-0.05, 0) is 31.5 Å². The highest BCUT2D eigenvalue weighted by Gasteiger charge is 2.04. The highest BCUT2D eigenvalue weighted by atomic mass is 15.3. The molecule has 0 atom stereocenters. The molecule has 0 radical (unpaired) electrons. The van der Waals surface area contributed by atoms with Gasteiger partial charge in [0.15, 0.2) is 17.4 Å². The number of aryl methyl sites for hydroxylation is 1. The number of nitrogens with one attached hydrogen (secondary N) is 2. The zero-order valence-corrected chi connectivity index (χ0v) is 14.0. The van der Waals surface area contributed by atoms with E-state index in [4.69, 9.17) is 0 Å². The predicted molar refractivity (Wildman–Crippen MR) is 92.8 cm³/mol. The Bertz CT molecular complexity index is 816. The molecule has 0 aliphatic heterocycles. The van der Waals surface area contributed by atoms with Crippen molar-refractivity contribution in [2.45, 2.75) is 26.9 Å². The van der Waals surface area contributed by atoms with Crippen LogP contribution in [0.1, 0.15) is 18.3 Å². The maximum absolute atomic E-state index is 4.58. The molecule has 3 rings (SSSR count). The van der Waals surface area contributed by atoms with Gasteiger partial charge in [0.1, 0.15) is 6.54 Å². The Labute approximate surface area is 140 Å². The van der Waals surface area contributed by atoms with Crippen LogP contribution in [0.5, 0.6) is 0 Å². The second kappa shape index (κ2) is 7.58. The summed E-state index contributed by atoms with van der Waals surface area (Å²) in [5.41, 5.74) is 1.99. The fraction of sp³-hybridized carbons (Fsp3) is 0.375. The number of aromatic nitrogens is 5. The molecule has 126 valence electrons. The molecule has 8 heteroatoms. The number of hydrogen-bond donors (Lipinski definition) is 2. The number of fused-ring (bicyclic) bond motifs is 1. The van der Waals surface area contributed by atoms with Gasteiger partial charge in [-0.3, -0.25) is 9.08 Å². The fourth-order valence-corrected chi connectivity index (χ4v) is 2.37. The van der Waals surface area contributed by atoms with E-state index in [-0.39, 0.29) is 0 Å². The van der Waals surface area contributed by atoms with Crippen LogP contribution in [0.4, 0.5) is 0 Å². The molecule has 0 aromatic carbocycles. The first-order valence-electron chi connectivity index (χ1n) is 8.06. The fourth-order valence-electron chi connectivity index (χ4n) is 2.37. The van der Waals surface area contributed by atoms with Crippen molar-refractivity contribution in [2.24, 2.45) is 4.99 Å². The van der Waals surface area contributed by atoms with Gasteiger partial charge in [0.05, 0.1) is 12.7 Å². The molecule has 24 heavy (non-hydrogen) atoms. The molecule has 0 aliphatic rings. The molecule has 0 unspecified atom stereocenters. The molecule has 3 aromatic rings. The summed E-state index contributed by atoms with van der Waals surface area (Å²) in [5, 5.41) is 19.2. The number of guanidine groups is 1. The summed E-state index contributed by atoms with van der Waals surface area (Å²) in [6.07, 6.45) is 5.82. The molecule has 2 N–H and O–H groups in total. The molecular weight excluding hydrogens is 304 g/mol. The van der Waals surface area contributed by atoms with Crippen LogP contribution in [0.2, 0.25) is 0 Å². The maximum Gasteiger partial charge on any atom is 0.191 e. The minimum Gasteiger partial charge on any atom is -0.357 e. The van der Waals surface area contributed by atoms with Crippen molar-refractivity contribution in [3.8, 4) is 0 Å². The normalized spacial score (nSPS) is 11.8. The second-order valence-corrected chi connectivity index (χ2v) is 5.45. The Morgan fingerprint density at radius 3 is 2.96 bits per heavy atom. The Kier molecular flexibility index (Phi) is 5.05. The minimum atomic E-state index is 0.460. The van der Waals surface area contributed by atoms with Crippen molar-refractivity contribution < 1.29 is 0 Å². The molecular formula is C16H22N8. The van der Waals surface area contributed by atoms with E-state index in [9.17, 15) is 0 Å². The summed E-state index contributed by atoms with van der Waals surface area (Å²) >= 11 is 0. The monoisotopic (exact) mass is 326 g/mol. The third kappa shape index (κ3) is 3.89. The van der Waals surface area contributed by atoms with Crippen molar-refractivity contribution in [2.75, 3.05) is 13.1 Å². The van der Waals surface area contributed by atoms with Gasteiger partial charge in [-0.25, -0.2) is 4.99 Å². The number of hydrogen-bond acceptors (Lipinski definition) is 4. The van der Waals surface area contributed by atoms with E-state index in [1.807, 2.05) is 59.7 Å². The second-order valence-electron chi connectivity index (χ2n) is 5.45. The third-order valence-corrected chi connectivity index (χ3v) is 3.50. The van der Waals surface area contributed by atoms with Crippen molar-refractivity contribution in [1.82, 2.24) is 35.0 Å². The Morgan fingerprint density at radius 2 is 2.17 bits per heavy atom. The van der Waals surface area contributed by atoms with Crippen molar-refractivity contribution in [3.63, 3.8) is 0 Å². The molecule has 0 bridgehead atoms. The van der Waals surface area contributed by atoms with Gasteiger partial charge in [0.25, 0.3) is 0 Å². The quantitative estimate of drug-likeness (QED) is 0.521. The average molecular weight is 326 g/mol. The summed E-state index contributed by atoms with van der Waals surface area (Å²) in [7, 11) is 0. The summed E-state index contributed by atoms with van der Waals surface area (Å²) < 4.78 is 3.86. The van der Waals surface area contributed by atoms with Gasteiger partial charge in [-0.1, -0.05) is 6.07 Å². The van der Waals surface area contributed by atoms with Crippen LogP contribution in [0.3, 0.4) is 0 Å². The average Bonchev–Trinajstić information content (AvgIpc) is 3.19.